The molecule has 1 atom stereocenters. The quantitative estimate of drug-likeness (QED) is 0.720. The highest BCUT2D eigenvalue weighted by atomic mass is 16.3. The molecule has 0 saturated carbocycles. The number of hydrogen-bond donors (Lipinski definition) is 2. The van der Waals surface area contributed by atoms with Gasteiger partial charge in [0.25, 0.3) is 0 Å². The van der Waals surface area contributed by atoms with E-state index in [1.165, 1.54) is 0 Å². The van der Waals surface area contributed by atoms with Crippen LogP contribution in [0.15, 0.2) is 0 Å². The first-order chi connectivity index (χ1) is 7.98. The van der Waals surface area contributed by atoms with Crippen LogP contribution < -0.4 is 5.32 Å². The van der Waals surface area contributed by atoms with Gasteiger partial charge >= 0.3 is 0 Å². The van der Waals surface area contributed by atoms with Crippen molar-refractivity contribution in [1.29, 1.82) is 0 Å². The maximum Gasteiger partial charge on any atom is 0.225 e. The molecule has 1 unspecified atom stereocenters. The number of nitrogens with zero attached hydrogens (tertiary/aromatic N) is 1. The first-order valence-corrected chi connectivity index (χ1v) is 6.15. The van der Waals surface area contributed by atoms with Gasteiger partial charge in [0.2, 0.25) is 11.8 Å². The smallest absolute Gasteiger partial charge is 0.225 e. The van der Waals surface area contributed by atoms with Crippen LogP contribution in [0.2, 0.25) is 0 Å². The Morgan fingerprint density at radius 3 is 2.47 bits per heavy atom. The van der Waals surface area contributed by atoms with Crippen LogP contribution in [-0.2, 0) is 9.59 Å². The Balaban J connectivity index is 2.63. The lowest BCUT2D eigenvalue weighted by Crippen LogP contribution is -2.52. The topological polar surface area (TPSA) is 69.6 Å². The van der Waals surface area contributed by atoms with Crippen molar-refractivity contribution in [3.63, 3.8) is 0 Å². The minimum absolute atomic E-state index is 0.00717. The molecule has 1 rings (SSSR count). The summed E-state index contributed by atoms with van der Waals surface area (Å²) in [4.78, 5) is 25.0. The Morgan fingerprint density at radius 2 is 2.12 bits per heavy atom. The molecular formula is C12H22N2O3. The van der Waals surface area contributed by atoms with Gasteiger partial charge in [0.1, 0.15) is 0 Å². The Morgan fingerprint density at radius 1 is 1.53 bits per heavy atom. The fourth-order valence-electron chi connectivity index (χ4n) is 2.09. The average Bonchev–Trinajstić information content (AvgIpc) is 2.67. The van der Waals surface area contributed by atoms with Gasteiger partial charge in [-0.25, -0.2) is 0 Å². The number of aliphatic hydroxyl groups is 1. The van der Waals surface area contributed by atoms with Gasteiger partial charge < -0.3 is 15.3 Å². The summed E-state index contributed by atoms with van der Waals surface area (Å²) in [6.07, 6.45) is 1.64. The van der Waals surface area contributed by atoms with E-state index in [4.69, 9.17) is 0 Å². The highest BCUT2D eigenvalue weighted by Crippen LogP contribution is 2.20. The summed E-state index contributed by atoms with van der Waals surface area (Å²) in [6, 6.07) is 0. The number of rotatable bonds is 5. The molecule has 0 bridgehead atoms. The molecule has 1 aliphatic heterocycles. The molecule has 1 aliphatic rings. The highest BCUT2D eigenvalue weighted by Gasteiger charge is 2.36. The minimum Gasteiger partial charge on any atom is -0.394 e. The Labute approximate surface area is 102 Å². The third-order valence-corrected chi connectivity index (χ3v) is 3.76. The fraction of sp³-hybridized carbons (Fsp3) is 0.833. The van der Waals surface area contributed by atoms with Gasteiger partial charge in [0.15, 0.2) is 0 Å². The molecule has 2 N–H and O–H groups in total. The standard InChI is InChI=1S/C12H22N2O3/c1-4-12(5-2,8-15)13-11(17)9-6-10(16)14(3)7-9/h9,15H,4-8H2,1-3H3,(H,13,17). The molecule has 5 nitrogen and oxygen atoms in total. The van der Waals surface area contributed by atoms with Gasteiger partial charge in [-0.15, -0.1) is 0 Å². The Bertz CT molecular complexity index is 292. The molecule has 1 fully saturated rings. The number of aliphatic hydroxyl groups excluding tert-OH is 1. The summed E-state index contributed by atoms with van der Waals surface area (Å²) in [5.41, 5.74) is -0.540. The number of carbonyl (C=O) groups excluding carboxylic acids is 2. The summed E-state index contributed by atoms with van der Waals surface area (Å²) >= 11 is 0. The molecule has 0 aliphatic carbocycles. The van der Waals surface area contributed by atoms with E-state index in [0.29, 0.717) is 19.4 Å². The number of amides is 2. The number of likely N-dealkylation sites (tertiary alicyclic amines) is 1. The maximum atomic E-state index is 12.0. The van der Waals surface area contributed by atoms with Crippen LogP contribution in [0.5, 0.6) is 0 Å². The Kier molecular flexibility index (Phi) is 4.51. The lowest BCUT2D eigenvalue weighted by atomic mass is 9.92. The zero-order valence-corrected chi connectivity index (χ0v) is 10.8. The number of carbonyl (C=O) groups is 2. The van der Waals surface area contributed by atoms with Crippen LogP contribution in [0, 0.1) is 5.92 Å². The monoisotopic (exact) mass is 242 g/mol. The van der Waals surface area contributed by atoms with Crippen molar-refractivity contribution in [3.8, 4) is 0 Å². The van der Waals surface area contributed by atoms with E-state index >= 15 is 0 Å². The van der Waals surface area contributed by atoms with Crippen molar-refractivity contribution in [1.82, 2.24) is 10.2 Å². The average molecular weight is 242 g/mol. The van der Waals surface area contributed by atoms with Crippen molar-refractivity contribution >= 4 is 11.8 Å². The zero-order valence-electron chi connectivity index (χ0n) is 10.8. The highest BCUT2D eigenvalue weighted by molar-refractivity contribution is 5.89. The van der Waals surface area contributed by atoms with E-state index in [-0.39, 0.29) is 30.8 Å². The molecule has 1 heterocycles. The molecule has 0 radical (unpaired) electrons. The summed E-state index contributed by atoms with van der Waals surface area (Å²) in [5, 5.41) is 12.3. The van der Waals surface area contributed by atoms with E-state index in [0.717, 1.165) is 0 Å². The van der Waals surface area contributed by atoms with Gasteiger partial charge in [-0.05, 0) is 12.8 Å². The lowest BCUT2D eigenvalue weighted by Gasteiger charge is -2.31. The molecule has 17 heavy (non-hydrogen) atoms. The molecular weight excluding hydrogens is 220 g/mol. The van der Waals surface area contributed by atoms with Gasteiger partial charge in [-0.1, -0.05) is 13.8 Å². The molecule has 0 aromatic rings. The SMILES string of the molecule is CCC(CC)(CO)NC(=O)C1CC(=O)N(C)C1. The number of nitrogens with one attached hydrogen (secondary N) is 1. The van der Waals surface area contributed by atoms with Crippen molar-refractivity contribution in [2.24, 2.45) is 5.92 Å². The van der Waals surface area contributed by atoms with Crippen molar-refractivity contribution < 1.29 is 14.7 Å². The molecule has 98 valence electrons. The predicted molar refractivity (Wildman–Crippen MR) is 64.3 cm³/mol. The summed E-state index contributed by atoms with van der Waals surface area (Å²) in [6.45, 7) is 4.28. The summed E-state index contributed by atoms with van der Waals surface area (Å²) in [5.74, 6) is -0.398. The number of hydrogen-bond acceptors (Lipinski definition) is 3. The molecule has 0 aromatic carbocycles. The second kappa shape index (κ2) is 5.49. The summed E-state index contributed by atoms with van der Waals surface area (Å²) < 4.78 is 0. The first-order valence-electron chi connectivity index (χ1n) is 6.15. The molecule has 0 aromatic heterocycles. The predicted octanol–water partition coefficient (Wildman–Crippen LogP) is 0.132. The van der Waals surface area contributed by atoms with Crippen LogP contribution in [0.4, 0.5) is 0 Å². The minimum atomic E-state index is -0.540. The van der Waals surface area contributed by atoms with Crippen molar-refractivity contribution in [2.75, 3.05) is 20.2 Å². The first kappa shape index (κ1) is 14.0. The van der Waals surface area contributed by atoms with Crippen LogP contribution in [0.1, 0.15) is 33.1 Å². The van der Waals surface area contributed by atoms with Gasteiger partial charge in [-0.2, -0.15) is 0 Å². The van der Waals surface area contributed by atoms with Crippen LogP contribution in [-0.4, -0.2) is 47.6 Å². The van der Waals surface area contributed by atoms with Crippen LogP contribution >= 0.6 is 0 Å². The van der Waals surface area contributed by atoms with Crippen LogP contribution in [0.25, 0.3) is 0 Å². The van der Waals surface area contributed by atoms with E-state index in [2.05, 4.69) is 5.32 Å². The van der Waals surface area contributed by atoms with Crippen molar-refractivity contribution in [2.45, 2.75) is 38.6 Å². The molecule has 2 amide bonds. The maximum absolute atomic E-state index is 12.0. The van der Waals surface area contributed by atoms with E-state index < -0.39 is 5.54 Å². The second-order valence-electron chi connectivity index (χ2n) is 4.81. The van der Waals surface area contributed by atoms with Crippen LogP contribution in [0.3, 0.4) is 0 Å². The van der Waals surface area contributed by atoms with E-state index in [1.807, 2.05) is 13.8 Å². The fourth-order valence-corrected chi connectivity index (χ4v) is 2.09. The Hall–Kier alpha value is -1.10. The normalized spacial score (nSPS) is 20.8. The van der Waals surface area contributed by atoms with Gasteiger partial charge in [0, 0.05) is 20.0 Å². The second-order valence-corrected chi connectivity index (χ2v) is 4.81. The van der Waals surface area contributed by atoms with Crippen molar-refractivity contribution in [3.05, 3.63) is 0 Å². The lowest BCUT2D eigenvalue weighted by molar-refractivity contribution is -0.129. The molecule has 1 saturated heterocycles. The van der Waals surface area contributed by atoms with E-state index in [1.54, 1.807) is 11.9 Å². The molecule has 0 spiro atoms. The largest absolute Gasteiger partial charge is 0.394 e. The van der Waals surface area contributed by atoms with Gasteiger partial charge in [-0.3, -0.25) is 9.59 Å². The van der Waals surface area contributed by atoms with Gasteiger partial charge in [0.05, 0.1) is 18.1 Å². The summed E-state index contributed by atoms with van der Waals surface area (Å²) in [7, 11) is 1.70. The third kappa shape index (κ3) is 2.97. The third-order valence-electron chi connectivity index (χ3n) is 3.76. The molecule has 5 heteroatoms. The van der Waals surface area contributed by atoms with E-state index in [9.17, 15) is 14.7 Å². The zero-order chi connectivity index (χ0) is 13.1.